The zero-order valence-corrected chi connectivity index (χ0v) is 19.6. The maximum absolute atomic E-state index is 10.6. The van der Waals surface area contributed by atoms with Crippen LogP contribution in [-0.4, -0.2) is 28.3 Å². The average molecular weight is 449 g/mol. The normalized spacial score (nSPS) is 18.2. The highest BCUT2D eigenvalue weighted by atomic mass is 32.1. The predicted molar refractivity (Wildman–Crippen MR) is 132 cm³/mol. The van der Waals surface area contributed by atoms with Crippen molar-refractivity contribution >= 4 is 16.5 Å². The molecule has 2 N–H and O–H groups in total. The van der Waals surface area contributed by atoms with Crippen LogP contribution in [0.25, 0.3) is 11.1 Å². The molecule has 1 saturated carbocycles. The van der Waals surface area contributed by atoms with Gasteiger partial charge in [-0.25, -0.2) is 0 Å². The van der Waals surface area contributed by atoms with Crippen molar-refractivity contribution in [3.8, 4) is 22.8 Å². The van der Waals surface area contributed by atoms with Crippen LogP contribution in [0.3, 0.4) is 0 Å². The molecule has 0 unspecified atom stereocenters. The molecule has 2 fully saturated rings. The Morgan fingerprint density at radius 3 is 2.47 bits per heavy atom. The van der Waals surface area contributed by atoms with E-state index in [2.05, 4.69) is 47.1 Å². The monoisotopic (exact) mass is 448 g/mol. The molecule has 5 rings (SSSR count). The Bertz CT molecular complexity index is 1090. The Kier molecular flexibility index (Phi) is 5.85. The molecule has 0 radical (unpaired) electrons. The molecule has 1 aromatic heterocycles. The number of aromatic nitrogens is 1. The van der Waals surface area contributed by atoms with Crippen molar-refractivity contribution in [2.45, 2.75) is 63.7 Å². The zero-order valence-electron chi connectivity index (χ0n) is 18.8. The second kappa shape index (κ2) is 8.78. The van der Waals surface area contributed by atoms with Gasteiger partial charge in [0.1, 0.15) is 5.75 Å². The molecule has 0 spiro atoms. The number of phenols is 1. The van der Waals surface area contributed by atoms with Crippen LogP contribution in [0.15, 0.2) is 42.5 Å². The van der Waals surface area contributed by atoms with Crippen molar-refractivity contribution in [2.75, 3.05) is 18.0 Å². The number of nitrogens with zero attached hydrogens (tertiary/aromatic N) is 2. The van der Waals surface area contributed by atoms with E-state index in [0.29, 0.717) is 12.2 Å². The summed E-state index contributed by atoms with van der Waals surface area (Å²) in [5.41, 5.74) is 4.57. The fourth-order valence-corrected chi connectivity index (χ4v) is 6.38. The van der Waals surface area contributed by atoms with Gasteiger partial charge < -0.3 is 15.1 Å². The van der Waals surface area contributed by atoms with Crippen LogP contribution in [0.4, 0.5) is 5.13 Å². The van der Waals surface area contributed by atoms with Crippen LogP contribution in [-0.2, 0) is 11.8 Å². The molecule has 4 nitrogen and oxygen atoms in total. The predicted octanol–water partition coefficient (Wildman–Crippen LogP) is 6.63. The Morgan fingerprint density at radius 1 is 0.938 bits per heavy atom. The fourth-order valence-electron chi connectivity index (χ4n) is 5.34. The van der Waals surface area contributed by atoms with Gasteiger partial charge in [0.05, 0.1) is 4.88 Å². The number of phenolic OH excluding ortho intramolecular Hbond substituents is 1. The van der Waals surface area contributed by atoms with Crippen molar-refractivity contribution in [1.82, 2.24) is 4.98 Å². The van der Waals surface area contributed by atoms with Gasteiger partial charge in [0.2, 0.25) is 5.88 Å². The molecule has 168 valence electrons. The molecule has 32 heavy (non-hydrogen) atoms. The van der Waals surface area contributed by atoms with Gasteiger partial charge in [-0.15, -0.1) is 0 Å². The number of anilines is 1. The largest absolute Gasteiger partial charge is 0.508 e. The van der Waals surface area contributed by atoms with Gasteiger partial charge in [-0.3, -0.25) is 0 Å². The van der Waals surface area contributed by atoms with Crippen molar-refractivity contribution in [2.24, 2.45) is 0 Å². The topological polar surface area (TPSA) is 56.6 Å². The molecule has 2 aromatic carbocycles. The fraction of sp³-hybridized carbons (Fsp3) is 0.444. The lowest BCUT2D eigenvalue weighted by atomic mass is 9.70. The summed E-state index contributed by atoms with van der Waals surface area (Å²) >= 11 is 1.61. The van der Waals surface area contributed by atoms with Crippen LogP contribution >= 0.6 is 11.3 Å². The van der Waals surface area contributed by atoms with Crippen molar-refractivity contribution < 1.29 is 10.2 Å². The van der Waals surface area contributed by atoms with E-state index in [4.69, 9.17) is 0 Å². The van der Waals surface area contributed by atoms with E-state index < -0.39 is 0 Å². The third kappa shape index (κ3) is 4.23. The van der Waals surface area contributed by atoms with Crippen molar-refractivity contribution in [3.63, 3.8) is 0 Å². The number of hydrogen-bond acceptors (Lipinski definition) is 5. The second-order valence-corrected chi connectivity index (χ2v) is 10.7. The lowest BCUT2D eigenvalue weighted by molar-refractivity contribution is 0.308. The Labute approximate surface area is 194 Å². The van der Waals surface area contributed by atoms with E-state index in [9.17, 15) is 10.2 Å². The summed E-state index contributed by atoms with van der Waals surface area (Å²) in [6.45, 7) is 4.36. The molecule has 1 saturated heterocycles. The molecule has 1 aliphatic heterocycles. The summed E-state index contributed by atoms with van der Waals surface area (Å²) in [4.78, 5) is 7.62. The highest BCUT2D eigenvalue weighted by Gasteiger charge is 2.31. The minimum absolute atomic E-state index is 0.0519. The summed E-state index contributed by atoms with van der Waals surface area (Å²) in [5.74, 6) is 0.581. The SMILES string of the molecule is CC1(c2cc(-c3cccc(Cc4sc(N5CCCC5)nc4O)c3)ccc2O)CCCCC1. The van der Waals surface area contributed by atoms with Crippen LogP contribution in [0.5, 0.6) is 11.6 Å². The maximum Gasteiger partial charge on any atom is 0.227 e. The summed E-state index contributed by atoms with van der Waals surface area (Å²) < 4.78 is 0. The van der Waals surface area contributed by atoms with Crippen LogP contribution in [0.2, 0.25) is 0 Å². The molecule has 0 atom stereocenters. The first-order chi connectivity index (χ1) is 15.5. The number of thiazole rings is 1. The standard InChI is InChI=1S/C27H32N2O2S/c1-27(12-3-2-4-13-27)22-18-21(10-11-23(22)30)20-9-7-8-19(16-20)17-24-25(31)28-26(32-24)29-14-5-6-15-29/h7-11,16,18,30-31H,2-6,12-15,17H2,1H3. The summed E-state index contributed by atoms with van der Waals surface area (Å²) in [5, 5.41) is 22.0. The van der Waals surface area contributed by atoms with Crippen molar-refractivity contribution in [3.05, 3.63) is 58.5 Å². The first kappa shape index (κ1) is 21.3. The Hall–Kier alpha value is -2.53. The van der Waals surface area contributed by atoms with Gasteiger partial charge in [-0.1, -0.05) is 67.9 Å². The number of hydrogen-bond donors (Lipinski definition) is 2. The van der Waals surface area contributed by atoms with E-state index >= 15 is 0 Å². The van der Waals surface area contributed by atoms with Crippen LogP contribution in [0, 0.1) is 0 Å². The summed E-state index contributed by atoms with van der Waals surface area (Å²) in [6, 6.07) is 14.6. The van der Waals surface area contributed by atoms with E-state index in [1.807, 2.05) is 12.1 Å². The maximum atomic E-state index is 10.6. The number of aromatic hydroxyl groups is 2. The number of rotatable bonds is 5. The van der Waals surface area contributed by atoms with Gasteiger partial charge in [0, 0.05) is 25.1 Å². The average Bonchev–Trinajstić information content (AvgIpc) is 3.45. The number of benzene rings is 2. The lowest BCUT2D eigenvalue weighted by Gasteiger charge is -2.35. The Balaban J connectivity index is 1.41. The van der Waals surface area contributed by atoms with Gasteiger partial charge in [-0.05, 0) is 59.9 Å². The van der Waals surface area contributed by atoms with Crippen LogP contribution in [0.1, 0.15) is 67.9 Å². The zero-order chi connectivity index (χ0) is 22.1. The van der Waals surface area contributed by atoms with E-state index in [1.165, 1.54) is 32.1 Å². The third-order valence-electron chi connectivity index (χ3n) is 7.27. The minimum atomic E-state index is 0.0519. The summed E-state index contributed by atoms with van der Waals surface area (Å²) in [6.07, 6.45) is 9.09. The van der Waals surface area contributed by atoms with Gasteiger partial charge in [0.15, 0.2) is 5.13 Å². The molecule has 0 amide bonds. The lowest BCUT2D eigenvalue weighted by Crippen LogP contribution is -2.25. The van der Waals surface area contributed by atoms with Crippen LogP contribution < -0.4 is 4.90 Å². The quantitative estimate of drug-likeness (QED) is 0.460. The molecule has 5 heteroatoms. The second-order valence-electron chi connectivity index (χ2n) is 9.67. The smallest absolute Gasteiger partial charge is 0.227 e. The van der Waals surface area contributed by atoms with E-state index in [1.54, 1.807) is 11.3 Å². The highest BCUT2D eigenvalue weighted by Crippen LogP contribution is 2.44. The molecule has 0 bridgehead atoms. The molecule has 1 aliphatic carbocycles. The summed E-state index contributed by atoms with van der Waals surface area (Å²) in [7, 11) is 0. The Morgan fingerprint density at radius 2 is 1.69 bits per heavy atom. The van der Waals surface area contributed by atoms with Gasteiger partial charge in [0.25, 0.3) is 0 Å². The highest BCUT2D eigenvalue weighted by molar-refractivity contribution is 7.15. The first-order valence-electron chi connectivity index (χ1n) is 11.9. The first-order valence-corrected chi connectivity index (χ1v) is 12.7. The third-order valence-corrected chi connectivity index (χ3v) is 8.38. The molecule has 2 aliphatic rings. The molecule has 2 heterocycles. The molecule has 3 aromatic rings. The van der Waals surface area contributed by atoms with Crippen molar-refractivity contribution in [1.29, 1.82) is 0 Å². The van der Waals surface area contributed by atoms with E-state index in [0.717, 1.165) is 58.2 Å². The molecular weight excluding hydrogens is 416 g/mol. The van der Waals surface area contributed by atoms with Gasteiger partial charge in [-0.2, -0.15) is 4.98 Å². The minimum Gasteiger partial charge on any atom is -0.508 e. The van der Waals surface area contributed by atoms with E-state index in [-0.39, 0.29) is 11.3 Å². The molecular formula is C27H32N2O2S. The van der Waals surface area contributed by atoms with Gasteiger partial charge >= 0.3 is 0 Å².